The Labute approximate surface area is 146 Å². The number of piperazine rings is 1. The van der Waals surface area contributed by atoms with Gasteiger partial charge in [-0.25, -0.2) is 4.79 Å². The highest BCUT2D eigenvalue weighted by atomic mass is 16.2. The summed E-state index contributed by atoms with van der Waals surface area (Å²) in [6, 6.07) is 2.91. The number of carbonyl (C=O) groups is 3. The van der Waals surface area contributed by atoms with Crippen LogP contribution in [0, 0.1) is 6.92 Å². The first-order valence-corrected chi connectivity index (χ1v) is 8.55. The van der Waals surface area contributed by atoms with Gasteiger partial charge in [0, 0.05) is 45.3 Å². The molecule has 8 heteroatoms. The Kier molecular flexibility index (Phi) is 5.28. The van der Waals surface area contributed by atoms with Gasteiger partial charge in [0.25, 0.3) is 5.91 Å². The summed E-state index contributed by atoms with van der Waals surface area (Å²) in [5, 5.41) is 4.69. The molecular weight excluding hydrogens is 322 g/mol. The third-order valence-corrected chi connectivity index (χ3v) is 4.72. The van der Waals surface area contributed by atoms with E-state index >= 15 is 0 Å². The van der Waals surface area contributed by atoms with Crippen LogP contribution in [0.3, 0.4) is 0 Å². The molecule has 2 N–H and O–H groups in total. The highest BCUT2D eigenvalue weighted by Gasteiger charge is 2.30. The Balaban J connectivity index is 1.42. The minimum Gasteiger partial charge on any atom is -0.340 e. The van der Waals surface area contributed by atoms with E-state index in [-0.39, 0.29) is 18.2 Å². The van der Waals surface area contributed by atoms with Crippen LogP contribution in [0.15, 0.2) is 18.3 Å². The summed E-state index contributed by atoms with van der Waals surface area (Å²) < 4.78 is 0. The Morgan fingerprint density at radius 3 is 2.68 bits per heavy atom. The van der Waals surface area contributed by atoms with E-state index in [2.05, 4.69) is 33.5 Å². The van der Waals surface area contributed by atoms with Crippen molar-refractivity contribution in [3.63, 3.8) is 0 Å². The molecule has 4 amide bonds. The Hall–Kier alpha value is -2.48. The molecular formula is C17H23N5O3. The molecule has 2 aliphatic heterocycles. The molecule has 25 heavy (non-hydrogen) atoms. The molecule has 8 nitrogen and oxygen atoms in total. The van der Waals surface area contributed by atoms with Crippen LogP contribution in [-0.4, -0.2) is 64.9 Å². The maximum atomic E-state index is 12.3. The zero-order chi connectivity index (χ0) is 17.8. The standard InChI is InChI=1S/C17H23N5O3/c1-12-3-2-6-18-14(12)11-21-7-9-22(10-8-21)15(23)5-4-13-16(24)20-17(25)19-13/h2-3,6,13H,4-5,7-11H2,1H3,(H2,19,20,24,25)/t13-/m0/s1. The van der Waals surface area contributed by atoms with Gasteiger partial charge in [0.1, 0.15) is 6.04 Å². The normalized spacial score (nSPS) is 21.2. The third kappa shape index (κ3) is 4.33. The van der Waals surface area contributed by atoms with Gasteiger partial charge in [-0.3, -0.25) is 24.8 Å². The van der Waals surface area contributed by atoms with Crippen molar-refractivity contribution in [3.8, 4) is 0 Å². The molecule has 0 radical (unpaired) electrons. The van der Waals surface area contributed by atoms with Gasteiger partial charge in [-0.2, -0.15) is 0 Å². The number of aromatic nitrogens is 1. The second-order valence-electron chi connectivity index (χ2n) is 6.48. The van der Waals surface area contributed by atoms with Crippen LogP contribution in [0.5, 0.6) is 0 Å². The summed E-state index contributed by atoms with van der Waals surface area (Å²) >= 11 is 0. The molecule has 134 valence electrons. The number of hydrogen-bond acceptors (Lipinski definition) is 5. The van der Waals surface area contributed by atoms with Crippen molar-refractivity contribution < 1.29 is 14.4 Å². The lowest BCUT2D eigenvalue weighted by molar-refractivity contribution is -0.133. The van der Waals surface area contributed by atoms with Crippen molar-refractivity contribution in [2.24, 2.45) is 0 Å². The molecule has 2 fully saturated rings. The molecule has 3 rings (SSSR count). The maximum Gasteiger partial charge on any atom is 0.322 e. The number of aryl methyl sites for hydroxylation is 1. The first-order chi connectivity index (χ1) is 12.0. The number of nitrogens with one attached hydrogen (secondary N) is 2. The minimum atomic E-state index is -0.593. The van der Waals surface area contributed by atoms with Crippen molar-refractivity contribution >= 4 is 17.8 Å². The molecule has 1 atom stereocenters. The van der Waals surface area contributed by atoms with E-state index < -0.39 is 12.1 Å². The van der Waals surface area contributed by atoms with E-state index in [0.717, 1.165) is 25.3 Å². The zero-order valence-electron chi connectivity index (χ0n) is 14.3. The summed E-state index contributed by atoms with van der Waals surface area (Å²) in [7, 11) is 0. The monoisotopic (exact) mass is 345 g/mol. The number of urea groups is 1. The largest absolute Gasteiger partial charge is 0.340 e. The number of rotatable bonds is 5. The molecule has 2 aliphatic rings. The number of carbonyl (C=O) groups excluding carboxylic acids is 3. The molecule has 2 saturated heterocycles. The van der Waals surface area contributed by atoms with Gasteiger partial charge < -0.3 is 10.2 Å². The van der Waals surface area contributed by atoms with Gasteiger partial charge in [0.05, 0.1) is 5.69 Å². The minimum absolute atomic E-state index is 0.0302. The second-order valence-corrected chi connectivity index (χ2v) is 6.48. The lowest BCUT2D eigenvalue weighted by Crippen LogP contribution is -2.48. The van der Waals surface area contributed by atoms with Crippen molar-refractivity contribution in [1.29, 1.82) is 0 Å². The Morgan fingerprint density at radius 1 is 1.28 bits per heavy atom. The second kappa shape index (κ2) is 7.60. The molecule has 0 unspecified atom stereocenters. The predicted molar refractivity (Wildman–Crippen MR) is 90.5 cm³/mol. The fourth-order valence-corrected chi connectivity index (χ4v) is 3.14. The molecule has 1 aromatic rings. The summed E-state index contributed by atoms with van der Waals surface area (Å²) in [6.45, 7) is 5.82. The van der Waals surface area contributed by atoms with Crippen LogP contribution in [0.25, 0.3) is 0 Å². The number of hydrogen-bond donors (Lipinski definition) is 2. The van der Waals surface area contributed by atoms with E-state index in [1.165, 1.54) is 5.56 Å². The van der Waals surface area contributed by atoms with Gasteiger partial charge in [-0.15, -0.1) is 0 Å². The summed E-state index contributed by atoms with van der Waals surface area (Å²) in [5.74, 6) is -0.323. The number of amides is 4. The van der Waals surface area contributed by atoms with Crippen LogP contribution < -0.4 is 10.6 Å². The van der Waals surface area contributed by atoms with Gasteiger partial charge in [0.15, 0.2) is 0 Å². The zero-order valence-corrected chi connectivity index (χ0v) is 14.3. The van der Waals surface area contributed by atoms with Crippen LogP contribution in [0.4, 0.5) is 4.79 Å². The van der Waals surface area contributed by atoms with Crippen LogP contribution in [-0.2, 0) is 16.1 Å². The molecule has 0 aliphatic carbocycles. The average Bonchev–Trinajstić information content (AvgIpc) is 2.93. The quantitative estimate of drug-likeness (QED) is 0.734. The fourth-order valence-electron chi connectivity index (χ4n) is 3.14. The lowest BCUT2D eigenvalue weighted by Gasteiger charge is -2.35. The molecule has 1 aromatic heterocycles. The van der Waals surface area contributed by atoms with Gasteiger partial charge in [-0.05, 0) is 25.0 Å². The van der Waals surface area contributed by atoms with E-state index in [0.29, 0.717) is 19.5 Å². The highest BCUT2D eigenvalue weighted by Crippen LogP contribution is 2.12. The molecule has 0 spiro atoms. The number of nitrogens with zero attached hydrogens (tertiary/aromatic N) is 3. The number of pyridine rings is 1. The van der Waals surface area contributed by atoms with Crippen LogP contribution in [0.1, 0.15) is 24.1 Å². The van der Waals surface area contributed by atoms with E-state index in [4.69, 9.17) is 0 Å². The van der Waals surface area contributed by atoms with E-state index in [1.54, 1.807) is 6.20 Å². The predicted octanol–water partition coefficient (Wildman–Crippen LogP) is 0.0224. The van der Waals surface area contributed by atoms with Crippen molar-refractivity contribution in [2.75, 3.05) is 26.2 Å². The maximum absolute atomic E-state index is 12.3. The van der Waals surface area contributed by atoms with Crippen molar-refractivity contribution in [1.82, 2.24) is 25.4 Å². The van der Waals surface area contributed by atoms with Gasteiger partial charge in [0.2, 0.25) is 5.91 Å². The van der Waals surface area contributed by atoms with Crippen LogP contribution in [0.2, 0.25) is 0 Å². The molecule has 0 aromatic carbocycles. The van der Waals surface area contributed by atoms with E-state index in [9.17, 15) is 14.4 Å². The lowest BCUT2D eigenvalue weighted by atomic mass is 10.1. The third-order valence-electron chi connectivity index (χ3n) is 4.72. The van der Waals surface area contributed by atoms with Gasteiger partial charge in [-0.1, -0.05) is 6.07 Å². The van der Waals surface area contributed by atoms with Crippen molar-refractivity contribution in [2.45, 2.75) is 32.4 Å². The summed E-state index contributed by atoms with van der Waals surface area (Å²) in [5.41, 5.74) is 2.25. The highest BCUT2D eigenvalue weighted by molar-refractivity contribution is 6.04. The molecule has 0 saturated carbocycles. The molecule has 0 bridgehead atoms. The summed E-state index contributed by atoms with van der Waals surface area (Å²) in [4.78, 5) is 43.4. The van der Waals surface area contributed by atoms with Crippen molar-refractivity contribution in [3.05, 3.63) is 29.6 Å². The van der Waals surface area contributed by atoms with E-state index in [1.807, 2.05) is 11.0 Å². The first kappa shape index (κ1) is 17.3. The Morgan fingerprint density at radius 2 is 2.04 bits per heavy atom. The first-order valence-electron chi connectivity index (χ1n) is 8.55. The molecule has 3 heterocycles. The summed E-state index contributed by atoms with van der Waals surface area (Å²) in [6.07, 6.45) is 2.40. The Bertz CT molecular complexity index is 670. The smallest absolute Gasteiger partial charge is 0.322 e. The number of imide groups is 1. The van der Waals surface area contributed by atoms with Gasteiger partial charge >= 0.3 is 6.03 Å². The topological polar surface area (TPSA) is 94.6 Å². The average molecular weight is 345 g/mol. The SMILES string of the molecule is Cc1cccnc1CN1CCN(C(=O)CC[C@@H]2NC(=O)NC2=O)CC1. The fraction of sp³-hybridized carbons (Fsp3) is 0.529. The van der Waals surface area contributed by atoms with Crippen LogP contribution >= 0.6 is 0 Å².